The molecule has 0 atom stereocenters. The van der Waals surface area contributed by atoms with Crippen LogP contribution < -0.4 is 5.69 Å². The van der Waals surface area contributed by atoms with Gasteiger partial charge in [0.25, 0.3) is 0 Å². The molecule has 0 aliphatic carbocycles. The smallest absolute Gasteiger partial charge is 0.262 e. The fourth-order valence-corrected chi connectivity index (χ4v) is 3.01. The van der Waals surface area contributed by atoms with Gasteiger partial charge in [0.15, 0.2) is 5.82 Å². The molecule has 2 aromatic heterocycles. The lowest BCUT2D eigenvalue weighted by Gasteiger charge is -2.09. The number of aromatic amines is 2. The number of allylic oxidation sites excluding steroid dienone is 1. The summed E-state index contributed by atoms with van der Waals surface area (Å²) in [5, 5.41) is 17.1. The first kappa shape index (κ1) is 17.6. The third kappa shape index (κ3) is 3.66. The topological polar surface area (TPSA) is 105 Å². The van der Waals surface area contributed by atoms with Crippen molar-refractivity contribution >= 4 is 6.08 Å². The van der Waals surface area contributed by atoms with Crippen LogP contribution in [-0.2, 0) is 6.54 Å². The molecule has 0 aliphatic rings. The third-order valence-electron chi connectivity index (χ3n) is 4.34. The van der Waals surface area contributed by atoms with Gasteiger partial charge in [0, 0.05) is 5.56 Å². The molecule has 140 valence electrons. The summed E-state index contributed by atoms with van der Waals surface area (Å²) in [5.41, 5.74) is 3.70. The predicted molar refractivity (Wildman–Crippen MR) is 106 cm³/mol. The summed E-state index contributed by atoms with van der Waals surface area (Å²) in [6, 6.07) is 16.1. The van der Waals surface area contributed by atoms with E-state index >= 15 is 0 Å². The normalized spacial score (nSPS) is 11.3. The Kier molecular flexibility index (Phi) is 4.92. The number of tetrazole rings is 1. The first-order valence-electron chi connectivity index (χ1n) is 9.00. The van der Waals surface area contributed by atoms with E-state index in [1.165, 1.54) is 0 Å². The Bertz CT molecular complexity index is 1140. The van der Waals surface area contributed by atoms with E-state index in [2.05, 4.69) is 30.7 Å². The Hall–Kier alpha value is -3.81. The molecule has 0 saturated carbocycles. The van der Waals surface area contributed by atoms with Crippen LogP contribution in [0.3, 0.4) is 0 Å². The standard InChI is InChI=1S/C20H19N7O/c1-2-3-8-18-21-20(28)24-27(18)13-14-9-11-15(12-10-14)16-6-4-5-7-17(16)19-22-25-26-23-19/h3-12H,2,13H2,1H3,(H,24,28)(H,22,23,25,26). The van der Waals surface area contributed by atoms with Gasteiger partial charge in [-0.15, -0.1) is 10.2 Å². The molecule has 2 N–H and O–H groups in total. The van der Waals surface area contributed by atoms with Crippen molar-refractivity contribution in [2.24, 2.45) is 0 Å². The molecule has 0 bridgehead atoms. The van der Waals surface area contributed by atoms with Crippen molar-refractivity contribution in [3.05, 3.63) is 76.5 Å². The molecule has 0 radical (unpaired) electrons. The van der Waals surface area contributed by atoms with Crippen LogP contribution in [0.4, 0.5) is 0 Å². The lowest BCUT2D eigenvalue weighted by atomic mass is 9.98. The number of aromatic nitrogens is 7. The molecule has 4 aromatic rings. The maximum absolute atomic E-state index is 11.6. The molecule has 0 amide bonds. The summed E-state index contributed by atoms with van der Waals surface area (Å²) in [6.45, 7) is 2.57. The Morgan fingerprint density at radius 2 is 1.86 bits per heavy atom. The number of H-pyrrole nitrogens is 2. The van der Waals surface area contributed by atoms with E-state index < -0.39 is 0 Å². The van der Waals surface area contributed by atoms with Gasteiger partial charge in [0.2, 0.25) is 5.82 Å². The minimum absolute atomic E-state index is 0.346. The van der Waals surface area contributed by atoms with E-state index in [1.807, 2.05) is 67.6 Å². The molecule has 8 nitrogen and oxygen atoms in total. The molecule has 0 fully saturated rings. The molecule has 2 heterocycles. The zero-order valence-electron chi connectivity index (χ0n) is 15.3. The van der Waals surface area contributed by atoms with Crippen LogP contribution in [0.2, 0.25) is 0 Å². The summed E-state index contributed by atoms with van der Waals surface area (Å²) in [6.07, 6.45) is 4.72. The molecular formula is C20H19N7O. The Labute approximate surface area is 160 Å². The molecular weight excluding hydrogens is 354 g/mol. The molecule has 8 heteroatoms. The summed E-state index contributed by atoms with van der Waals surface area (Å²) in [4.78, 5) is 15.6. The maximum atomic E-state index is 11.6. The van der Waals surface area contributed by atoms with Gasteiger partial charge in [-0.05, 0) is 34.4 Å². The van der Waals surface area contributed by atoms with Gasteiger partial charge in [0.05, 0.1) is 6.54 Å². The minimum atomic E-state index is -0.346. The highest BCUT2D eigenvalue weighted by Crippen LogP contribution is 2.29. The second-order valence-electron chi connectivity index (χ2n) is 6.26. The molecule has 0 spiro atoms. The second kappa shape index (κ2) is 7.83. The fraction of sp³-hybridized carbons (Fsp3) is 0.150. The number of hydrogen-bond donors (Lipinski definition) is 2. The lowest BCUT2D eigenvalue weighted by Crippen LogP contribution is -2.08. The first-order chi connectivity index (χ1) is 13.7. The van der Waals surface area contributed by atoms with Gasteiger partial charge >= 0.3 is 5.69 Å². The van der Waals surface area contributed by atoms with E-state index in [9.17, 15) is 4.79 Å². The molecule has 0 unspecified atom stereocenters. The molecule has 0 saturated heterocycles. The Balaban J connectivity index is 1.61. The van der Waals surface area contributed by atoms with Crippen LogP contribution >= 0.6 is 0 Å². The summed E-state index contributed by atoms with van der Waals surface area (Å²) in [7, 11) is 0. The highest BCUT2D eigenvalue weighted by Gasteiger charge is 2.11. The van der Waals surface area contributed by atoms with Gasteiger partial charge in [0.1, 0.15) is 0 Å². The fourth-order valence-electron chi connectivity index (χ4n) is 3.01. The van der Waals surface area contributed by atoms with Crippen molar-refractivity contribution in [3.63, 3.8) is 0 Å². The Morgan fingerprint density at radius 3 is 2.57 bits per heavy atom. The number of hydrogen-bond acceptors (Lipinski definition) is 5. The number of benzene rings is 2. The third-order valence-corrected chi connectivity index (χ3v) is 4.34. The van der Waals surface area contributed by atoms with Crippen molar-refractivity contribution in [3.8, 4) is 22.5 Å². The SMILES string of the molecule is CCC=Cc1nc(=O)[nH]n1Cc1ccc(-c2ccccc2-c2nn[nH]n2)cc1. The van der Waals surface area contributed by atoms with E-state index in [-0.39, 0.29) is 5.69 Å². The molecule has 0 aliphatic heterocycles. The van der Waals surface area contributed by atoms with Crippen molar-refractivity contribution < 1.29 is 0 Å². The number of nitrogens with zero attached hydrogens (tertiary/aromatic N) is 5. The van der Waals surface area contributed by atoms with Gasteiger partial charge in [-0.2, -0.15) is 10.2 Å². The second-order valence-corrected chi connectivity index (χ2v) is 6.26. The van der Waals surface area contributed by atoms with Crippen molar-refractivity contribution in [2.45, 2.75) is 19.9 Å². The van der Waals surface area contributed by atoms with E-state index in [0.29, 0.717) is 18.2 Å². The summed E-state index contributed by atoms with van der Waals surface area (Å²) < 4.78 is 1.75. The maximum Gasteiger partial charge on any atom is 0.361 e. The largest absolute Gasteiger partial charge is 0.361 e. The molecule has 2 aromatic carbocycles. The number of nitrogens with one attached hydrogen (secondary N) is 2. The van der Waals surface area contributed by atoms with Gasteiger partial charge in [-0.3, -0.25) is 4.68 Å². The number of rotatable bonds is 6. The first-order valence-corrected chi connectivity index (χ1v) is 9.00. The summed E-state index contributed by atoms with van der Waals surface area (Å²) >= 11 is 0. The Morgan fingerprint density at radius 1 is 1.07 bits per heavy atom. The van der Waals surface area contributed by atoms with Crippen LogP contribution in [0.15, 0.2) is 59.4 Å². The monoisotopic (exact) mass is 373 g/mol. The van der Waals surface area contributed by atoms with Crippen LogP contribution in [0.1, 0.15) is 24.7 Å². The average Bonchev–Trinajstić information content (AvgIpc) is 3.37. The minimum Gasteiger partial charge on any atom is -0.262 e. The van der Waals surface area contributed by atoms with E-state index in [0.717, 1.165) is 28.7 Å². The predicted octanol–water partition coefficient (Wildman–Crippen LogP) is 2.89. The van der Waals surface area contributed by atoms with Crippen LogP contribution in [0.25, 0.3) is 28.6 Å². The molecule has 4 rings (SSSR count). The van der Waals surface area contributed by atoms with Crippen molar-refractivity contribution in [2.75, 3.05) is 0 Å². The van der Waals surface area contributed by atoms with Gasteiger partial charge < -0.3 is 0 Å². The van der Waals surface area contributed by atoms with Gasteiger partial charge in [-0.25, -0.2) is 9.89 Å². The van der Waals surface area contributed by atoms with Crippen LogP contribution in [0, 0.1) is 0 Å². The zero-order valence-corrected chi connectivity index (χ0v) is 15.3. The van der Waals surface area contributed by atoms with E-state index in [1.54, 1.807) is 4.68 Å². The van der Waals surface area contributed by atoms with Gasteiger partial charge in [-0.1, -0.05) is 61.5 Å². The quantitative estimate of drug-likeness (QED) is 0.541. The average molecular weight is 373 g/mol. The van der Waals surface area contributed by atoms with E-state index in [4.69, 9.17) is 0 Å². The van der Waals surface area contributed by atoms with Crippen LogP contribution in [-0.4, -0.2) is 35.4 Å². The van der Waals surface area contributed by atoms with Crippen molar-refractivity contribution in [1.29, 1.82) is 0 Å². The zero-order chi connectivity index (χ0) is 19.3. The van der Waals surface area contributed by atoms with Crippen molar-refractivity contribution in [1.82, 2.24) is 35.4 Å². The summed E-state index contributed by atoms with van der Waals surface area (Å²) in [5.74, 6) is 1.18. The highest BCUT2D eigenvalue weighted by atomic mass is 16.1. The lowest BCUT2D eigenvalue weighted by molar-refractivity contribution is 0.671. The highest BCUT2D eigenvalue weighted by molar-refractivity contribution is 5.80. The van der Waals surface area contributed by atoms with Crippen LogP contribution in [0.5, 0.6) is 0 Å². The molecule has 28 heavy (non-hydrogen) atoms.